The molecule has 1 saturated heterocycles. The van der Waals surface area contributed by atoms with E-state index in [2.05, 4.69) is 5.32 Å². The predicted molar refractivity (Wildman–Crippen MR) is 112 cm³/mol. The van der Waals surface area contributed by atoms with Crippen LogP contribution in [0.5, 0.6) is 0 Å². The highest BCUT2D eigenvalue weighted by molar-refractivity contribution is 5.85. The Morgan fingerprint density at radius 2 is 2.00 bits per heavy atom. The largest absolute Gasteiger partial charge is 0.478 e. The molecule has 1 aliphatic carbocycles. The molecule has 2 heterocycles. The number of aliphatic hydroxyl groups is 1. The third-order valence-corrected chi connectivity index (χ3v) is 6.90. The fraction of sp³-hybridized carbons (Fsp3) is 0.696. The number of nitrogens with zero attached hydrogens (tertiary/aromatic N) is 1. The van der Waals surface area contributed by atoms with Crippen molar-refractivity contribution in [1.29, 1.82) is 0 Å². The Morgan fingerprint density at radius 3 is 2.65 bits per heavy atom. The van der Waals surface area contributed by atoms with E-state index >= 15 is 0 Å². The Balaban J connectivity index is 1.69. The Bertz CT molecular complexity index is 724. The van der Waals surface area contributed by atoms with E-state index in [-0.39, 0.29) is 24.5 Å². The average Bonchev–Trinajstić information content (AvgIpc) is 2.98. The third kappa shape index (κ3) is 5.52. The number of carbonyl (C=O) groups is 1. The quantitative estimate of drug-likeness (QED) is 0.674. The van der Waals surface area contributed by atoms with Crippen LogP contribution < -0.4 is 5.32 Å². The molecule has 1 amide bonds. The fourth-order valence-corrected chi connectivity index (χ4v) is 4.82. The van der Waals surface area contributed by atoms with Crippen LogP contribution in [0.3, 0.4) is 0 Å². The summed E-state index contributed by atoms with van der Waals surface area (Å²) < 4.78 is 45.0. The van der Waals surface area contributed by atoms with Gasteiger partial charge < -0.3 is 20.1 Å². The maximum atomic E-state index is 13.5. The zero-order valence-corrected chi connectivity index (χ0v) is 18.2. The van der Waals surface area contributed by atoms with Gasteiger partial charge in [0.1, 0.15) is 0 Å². The molecule has 2 N–H and O–H groups in total. The molecule has 0 radical (unpaired) electrons. The summed E-state index contributed by atoms with van der Waals surface area (Å²) in [6, 6.07) is 0.346. The number of amides is 1. The van der Waals surface area contributed by atoms with E-state index in [1.807, 2.05) is 13.8 Å². The van der Waals surface area contributed by atoms with Gasteiger partial charge in [-0.2, -0.15) is 13.2 Å². The van der Waals surface area contributed by atoms with Gasteiger partial charge in [0.15, 0.2) is 6.23 Å². The van der Waals surface area contributed by atoms with E-state index in [1.54, 1.807) is 4.90 Å². The van der Waals surface area contributed by atoms with Crippen LogP contribution in [0.1, 0.15) is 52.4 Å². The SMILES string of the molecule is CC(C)C1(CCN[C@H]2CC[C@H](O)CC2)CC2O/C=C/C=C(C(F)(F)F)\C=C\CN2C1=O. The van der Waals surface area contributed by atoms with Crippen LogP contribution in [0.25, 0.3) is 0 Å². The van der Waals surface area contributed by atoms with Crippen molar-refractivity contribution < 1.29 is 27.8 Å². The number of allylic oxidation sites excluding steroid dienone is 4. The first-order valence-electron chi connectivity index (χ1n) is 11.1. The summed E-state index contributed by atoms with van der Waals surface area (Å²) in [6.07, 6.45) is 5.26. The molecule has 31 heavy (non-hydrogen) atoms. The van der Waals surface area contributed by atoms with Gasteiger partial charge in [-0.25, -0.2) is 0 Å². The molecule has 2 atom stereocenters. The highest BCUT2D eigenvalue weighted by atomic mass is 19.4. The van der Waals surface area contributed by atoms with E-state index in [9.17, 15) is 23.1 Å². The summed E-state index contributed by atoms with van der Waals surface area (Å²) in [5.41, 5.74) is -1.41. The predicted octanol–water partition coefficient (Wildman–Crippen LogP) is 4.06. The van der Waals surface area contributed by atoms with E-state index < -0.39 is 23.4 Å². The summed E-state index contributed by atoms with van der Waals surface area (Å²) >= 11 is 0. The Morgan fingerprint density at radius 1 is 1.29 bits per heavy atom. The van der Waals surface area contributed by atoms with Crippen LogP contribution in [0, 0.1) is 11.3 Å². The van der Waals surface area contributed by atoms with Crippen molar-refractivity contribution >= 4 is 5.91 Å². The Labute approximate surface area is 182 Å². The van der Waals surface area contributed by atoms with Crippen LogP contribution in [-0.2, 0) is 9.53 Å². The van der Waals surface area contributed by atoms with Gasteiger partial charge in [0.05, 0.1) is 23.4 Å². The number of alkyl halides is 3. The lowest BCUT2D eigenvalue weighted by molar-refractivity contribution is -0.141. The van der Waals surface area contributed by atoms with Crippen LogP contribution in [0.4, 0.5) is 13.2 Å². The number of fused-ring (bicyclic) bond motifs is 1. The zero-order valence-electron chi connectivity index (χ0n) is 18.2. The molecular formula is C23H33F3N2O3. The van der Waals surface area contributed by atoms with E-state index in [4.69, 9.17) is 4.74 Å². The maximum absolute atomic E-state index is 13.5. The summed E-state index contributed by atoms with van der Waals surface area (Å²) in [5, 5.41) is 13.2. The second-order valence-corrected chi connectivity index (χ2v) is 9.12. The molecule has 2 fully saturated rings. The lowest BCUT2D eigenvalue weighted by Crippen LogP contribution is -2.43. The smallest absolute Gasteiger partial charge is 0.416 e. The van der Waals surface area contributed by atoms with Crippen molar-refractivity contribution in [3.8, 4) is 0 Å². The molecule has 5 nitrogen and oxygen atoms in total. The standard InChI is InChI=1S/C23H33F3N2O3/c1-16(2)22(11-12-27-18-7-9-19(29)10-8-18)15-20-28(21(22)30)13-3-5-17(23(24,25)26)6-4-14-31-20/h3-6,14,16,18-20,27,29H,7-13,15H2,1-2H3/b5-3+,14-4+,17-6+/t18-,19-,20?,22?. The number of hydrogen-bond donors (Lipinski definition) is 2. The second kappa shape index (κ2) is 9.77. The Kier molecular flexibility index (Phi) is 7.52. The molecule has 2 aliphatic heterocycles. The minimum Gasteiger partial charge on any atom is -0.478 e. The van der Waals surface area contributed by atoms with E-state index in [1.165, 1.54) is 18.4 Å². The third-order valence-electron chi connectivity index (χ3n) is 6.90. The minimum atomic E-state index is -4.46. The molecule has 0 aromatic heterocycles. The van der Waals surface area contributed by atoms with Crippen molar-refractivity contribution in [1.82, 2.24) is 10.2 Å². The molecule has 0 spiro atoms. The van der Waals surface area contributed by atoms with Gasteiger partial charge in [-0.15, -0.1) is 0 Å². The molecule has 0 aromatic rings. The number of hydrogen-bond acceptors (Lipinski definition) is 4. The molecule has 3 aliphatic rings. The Hall–Kier alpha value is -1.80. The molecule has 8 heteroatoms. The number of ether oxygens (including phenoxy) is 1. The number of nitrogens with one attached hydrogen (secondary N) is 1. The summed E-state index contributed by atoms with van der Waals surface area (Å²) in [4.78, 5) is 15.0. The van der Waals surface area contributed by atoms with Crippen LogP contribution in [0.2, 0.25) is 0 Å². The number of aliphatic hydroxyl groups excluding tert-OH is 1. The number of halogens is 3. The highest BCUT2D eigenvalue weighted by Gasteiger charge is 2.53. The van der Waals surface area contributed by atoms with Crippen molar-refractivity contribution in [2.75, 3.05) is 13.1 Å². The van der Waals surface area contributed by atoms with Gasteiger partial charge in [0.2, 0.25) is 5.91 Å². The van der Waals surface area contributed by atoms with Gasteiger partial charge >= 0.3 is 6.18 Å². The summed E-state index contributed by atoms with van der Waals surface area (Å²) in [5.74, 6) is -0.00226. The van der Waals surface area contributed by atoms with Gasteiger partial charge in [0.25, 0.3) is 0 Å². The van der Waals surface area contributed by atoms with Crippen molar-refractivity contribution in [2.45, 2.75) is 76.9 Å². The molecule has 1 saturated carbocycles. The summed E-state index contributed by atoms with van der Waals surface area (Å²) in [7, 11) is 0. The monoisotopic (exact) mass is 442 g/mol. The first kappa shape index (κ1) is 23.9. The van der Waals surface area contributed by atoms with Crippen molar-refractivity contribution in [3.63, 3.8) is 0 Å². The van der Waals surface area contributed by atoms with Gasteiger partial charge in [-0.3, -0.25) is 4.79 Å². The van der Waals surface area contributed by atoms with Gasteiger partial charge in [0, 0.05) is 19.0 Å². The topological polar surface area (TPSA) is 61.8 Å². The lowest BCUT2D eigenvalue weighted by Gasteiger charge is -2.33. The molecular weight excluding hydrogens is 409 g/mol. The van der Waals surface area contributed by atoms with Crippen molar-refractivity contribution in [3.05, 3.63) is 36.1 Å². The maximum Gasteiger partial charge on any atom is 0.416 e. The first-order valence-corrected chi connectivity index (χ1v) is 11.1. The lowest BCUT2D eigenvalue weighted by atomic mass is 9.73. The molecule has 3 rings (SSSR count). The molecule has 0 aromatic carbocycles. The van der Waals surface area contributed by atoms with E-state index in [0.717, 1.165) is 37.8 Å². The molecule has 174 valence electrons. The normalized spacial score (nSPS) is 35.8. The number of carbonyl (C=O) groups excluding carboxylic acids is 1. The minimum absolute atomic E-state index is 0.0630. The zero-order chi connectivity index (χ0) is 22.6. The molecule has 0 bridgehead atoms. The molecule has 2 unspecified atom stereocenters. The number of rotatable bonds is 5. The van der Waals surface area contributed by atoms with Crippen LogP contribution in [0.15, 0.2) is 36.1 Å². The fourth-order valence-electron chi connectivity index (χ4n) is 4.82. The van der Waals surface area contributed by atoms with Gasteiger partial charge in [-0.1, -0.05) is 26.0 Å². The van der Waals surface area contributed by atoms with Crippen LogP contribution in [-0.4, -0.2) is 53.6 Å². The van der Waals surface area contributed by atoms with E-state index in [0.29, 0.717) is 25.4 Å². The average molecular weight is 443 g/mol. The van der Waals surface area contributed by atoms with Crippen LogP contribution >= 0.6 is 0 Å². The van der Waals surface area contributed by atoms with Crippen molar-refractivity contribution in [2.24, 2.45) is 11.3 Å². The summed E-state index contributed by atoms with van der Waals surface area (Å²) in [6.45, 7) is 4.79. The highest BCUT2D eigenvalue weighted by Crippen LogP contribution is 2.45. The van der Waals surface area contributed by atoms with Gasteiger partial charge in [-0.05, 0) is 56.7 Å². The second-order valence-electron chi connectivity index (χ2n) is 9.12. The first-order chi connectivity index (χ1) is 14.6.